The van der Waals surface area contributed by atoms with Crippen LogP contribution in [0.5, 0.6) is 0 Å². The largest absolute Gasteiger partial charge is 0.369 e. The van der Waals surface area contributed by atoms with E-state index >= 15 is 0 Å². The van der Waals surface area contributed by atoms with Gasteiger partial charge in [0, 0.05) is 13.6 Å². The molecule has 7 heteroatoms. The summed E-state index contributed by atoms with van der Waals surface area (Å²) < 4.78 is 1.88. The normalized spacial score (nSPS) is 12.2. The number of anilines is 2. The van der Waals surface area contributed by atoms with Crippen molar-refractivity contribution in [2.24, 2.45) is 7.05 Å². The van der Waals surface area contributed by atoms with E-state index in [1.165, 1.54) is 0 Å². The third-order valence-electron chi connectivity index (χ3n) is 2.69. The van der Waals surface area contributed by atoms with Gasteiger partial charge in [0.2, 0.25) is 0 Å². The molecule has 7 nitrogen and oxygen atoms in total. The molecule has 0 fully saturated rings. The SMILES string of the molecule is CCCNc1cncc(NC(C)c2nncn2C)n1. The summed E-state index contributed by atoms with van der Waals surface area (Å²) in [6.45, 7) is 5.01. The topological polar surface area (TPSA) is 80.5 Å². The van der Waals surface area contributed by atoms with Gasteiger partial charge in [-0.3, -0.25) is 4.98 Å². The quantitative estimate of drug-likeness (QED) is 0.822. The van der Waals surface area contributed by atoms with Crippen molar-refractivity contribution in [1.82, 2.24) is 24.7 Å². The summed E-state index contributed by atoms with van der Waals surface area (Å²) in [5, 5.41) is 14.4. The Balaban J connectivity index is 2.04. The second kappa shape index (κ2) is 6.12. The second-order valence-electron chi connectivity index (χ2n) is 4.38. The van der Waals surface area contributed by atoms with Gasteiger partial charge in [0.15, 0.2) is 5.82 Å². The molecule has 2 aromatic heterocycles. The molecule has 0 bridgehead atoms. The Morgan fingerprint density at radius 3 is 2.79 bits per heavy atom. The average molecular weight is 261 g/mol. The minimum absolute atomic E-state index is 0.0169. The molecular weight excluding hydrogens is 242 g/mol. The van der Waals surface area contributed by atoms with E-state index in [1.54, 1.807) is 18.7 Å². The van der Waals surface area contributed by atoms with Gasteiger partial charge in [-0.1, -0.05) is 6.92 Å². The van der Waals surface area contributed by atoms with Gasteiger partial charge in [0.25, 0.3) is 0 Å². The van der Waals surface area contributed by atoms with Crippen LogP contribution in [0.1, 0.15) is 32.1 Å². The predicted molar refractivity (Wildman–Crippen MR) is 73.9 cm³/mol. The Morgan fingerprint density at radius 1 is 1.32 bits per heavy atom. The molecule has 0 spiro atoms. The minimum atomic E-state index is 0.0169. The third-order valence-corrected chi connectivity index (χ3v) is 2.69. The average Bonchev–Trinajstić information content (AvgIpc) is 2.83. The van der Waals surface area contributed by atoms with Gasteiger partial charge in [0.05, 0.1) is 18.4 Å². The maximum Gasteiger partial charge on any atom is 0.154 e. The van der Waals surface area contributed by atoms with Crippen LogP contribution in [0.3, 0.4) is 0 Å². The molecule has 0 saturated heterocycles. The summed E-state index contributed by atoms with van der Waals surface area (Å²) in [6.07, 6.45) is 6.14. The molecule has 0 aliphatic carbocycles. The Labute approximate surface area is 112 Å². The summed E-state index contributed by atoms with van der Waals surface area (Å²) in [6, 6.07) is 0.0169. The predicted octanol–water partition coefficient (Wildman–Crippen LogP) is 1.60. The highest BCUT2D eigenvalue weighted by molar-refractivity contribution is 5.42. The lowest BCUT2D eigenvalue weighted by Crippen LogP contribution is -2.13. The van der Waals surface area contributed by atoms with Crippen LogP contribution in [-0.2, 0) is 7.05 Å². The first-order valence-electron chi connectivity index (χ1n) is 6.37. The van der Waals surface area contributed by atoms with Crippen LogP contribution in [0.15, 0.2) is 18.7 Å². The lowest BCUT2D eigenvalue weighted by molar-refractivity contribution is 0.716. The minimum Gasteiger partial charge on any atom is -0.369 e. The first kappa shape index (κ1) is 13.3. The zero-order chi connectivity index (χ0) is 13.7. The van der Waals surface area contributed by atoms with E-state index in [-0.39, 0.29) is 6.04 Å². The molecule has 0 amide bonds. The molecule has 0 aliphatic heterocycles. The Bertz CT molecular complexity index is 522. The van der Waals surface area contributed by atoms with E-state index in [0.29, 0.717) is 0 Å². The molecule has 2 N–H and O–H groups in total. The maximum absolute atomic E-state index is 4.45. The first-order valence-corrected chi connectivity index (χ1v) is 6.37. The van der Waals surface area contributed by atoms with Crippen LogP contribution < -0.4 is 10.6 Å². The fourth-order valence-electron chi connectivity index (χ4n) is 1.74. The van der Waals surface area contributed by atoms with Crippen LogP contribution in [0.2, 0.25) is 0 Å². The molecule has 102 valence electrons. The van der Waals surface area contributed by atoms with Crippen molar-refractivity contribution < 1.29 is 0 Å². The third kappa shape index (κ3) is 3.40. The summed E-state index contributed by atoms with van der Waals surface area (Å²) >= 11 is 0. The van der Waals surface area contributed by atoms with E-state index in [4.69, 9.17) is 0 Å². The van der Waals surface area contributed by atoms with Crippen molar-refractivity contribution in [1.29, 1.82) is 0 Å². The number of aromatic nitrogens is 5. The van der Waals surface area contributed by atoms with E-state index in [1.807, 2.05) is 18.5 Å². The summed E-state index contributed by atoms with van der Waals surface area (Å²) in [7, 11) is 1.92. The van der Waals surface area contributed by atoms with Crippen LogP contribution in [0.25, 0.3) is 0 Å². The van der Waals surface area contributed by atoms with Crippen LogP contribution >= 0.6 is 0 Å². The highest BCUT2D eigenvalue weighted by Crippen LogP contribution is 2.15. The monoisotopic (exact) mass is 261 g/mol. The van der Waals surface area contributed by atoms with E-state index in [9.17, 15) is 0 Å². The van der Waals surface area contributed by atoms with Gasteiger partial charge < -0.3 is 15.2 Å². The number of nitrogens with zero attached hydrogens (tertiary/aromatic N) is 5. The van der Waals surface area contributed by atoms with Crippen molar-refractivity contribution in [2.75, 3.05) is 17.2 Å². The fraction of sp³-hybridized carbons (Fsp3) is 0.500. The van der Waals surface area contributed by atoms with E-state index in [2.05, 4.69) is 37.7 Å². The molecule has 2 aromatic rings. The van der Waals surface area contributed by atoms with Crippen molar-refractivity contribution >= 4 is 11.6 Å². The molecule has 0 aliphatic rings. The number of rotatable bonds is 6. The second-order valence-corrected chi connectivity index (χ2v) is 4.38. The van der Waals surface area contributed by atoms with Gasteiger partial charge in [-0.15, -0.1) is 10.2 Å². The smallest absolute Gasteiger partial charge is 0.154 e. The highest BCUT2D eigenvalue weighted by Gasteiger charge is 2.11. The number of hydrogen-bond acceptors (Lipinski definition) is 6. The number of nitrogens with one attached hydrogen (secondary N) is 2. The van der Waals surface area contributed by atoms with Crippen molar-refractivity contribution in [3.05, 3.63) is 24.5 Å². The molecule has 19 heavy (non-hydrogen) atoms. The molecule has 0 aromatic carbocycles. The zero-order valence-electron chi connectivity index (χ0n) is 11.5. The summed E-state index contributed by atoms with van der Waals surface area (Å²) in [4.78, 5) is 8.61. The molecule has 1 unspecified atom stereocenters. The zero-order valence-corrected chi connectivity index (χ0v) is 11.5. The van der Waals surface area contributed by atoms with Gasteiger partial charge >= 0.3 is 0 Å². The number of hydrogen-bond donors (Lipinski definition) is 2. The maximum atomic E-state index is 4.45. The summed E-state index contributed by atoms with van der Waals surface area (Å²) in [5.74, 6) is 2.35. The molecule has 0 radical (unpaired) electrons. The van der Waals surface area contributed by atoms with E-state index < -0.39 is 0 Å². The first-order chi connectivity index (χ1) is 9.20. The number of aryl methyl sites for hydroxylation is 1. The van der Waals surface area contributed by atoms with Crippen molar-refractivity contribution in [3.8, 4) is 0 Å². The van der Waals surface area contributed by atoms with Gasteiger partial charge in [0.1, 0.15) is 18.0 Å². The molecular formula is C12H19N7. The fourth-order valence-corrected chi connectivity index (χ4v) is 1.74. The van der Waals surface area contributed by atoms with Crippen molar-refractivity contribution in [2.45, 2.75) is 26.3 Å². The molecule has 0 saturated carbocycles. The lowest BCUT2D eigenvalue weighted by atomic mass is 10.3. The van der Waals surface area contributed by atoms with Gasteiger partial charge in [-0.05, 0) is 13.3 Å². The molecule has 2 rings (SSSR count). The highest BCUT2D eigenvalue weighted by atomic mass is 15.3. The van der Waals surface area contributed by atoms with Crippen LogP contribution in [-0.4, -0.2) is 31.3 Å². The summed E-state index contributed by atoms with van der Waals surface area (Å²) in [5.41, 5.74) is 0. The van der Waals surface area contributed by atoms with Crippen LogP contribution in [0, 0.1) is 0 Å². The van der Waals surface area contributed by atoms with E-state index in [0.717, 1.165) is 30.4 Å². The van der Waals surface area contributed by atoms with Crippen LogP contribution in [0.4, 0.5) is 11.6 Å². The lowest BCUT2D eigenvalue weighted by Gasteiger charge is -2.14. The Hall–Kier alpha value is -2.18. The Kier molecular flexibility index (Phi) is 4.27. The molecule has 1 atom stereocenters. The van der Waals surface area contributed by atoms with Gasteiger partial charge in [-0.2, -0.15) is 0 Å². The van der Waals surface area contributed by atoms with Gasteiger partial charge in [-0.25, -0.2) is 4.98 Å². The Morgan fingerprint density at radius 2 is 2.11 bits per heavy atom. The standard InChI is InChI=1S/C12H19N7/c1-4-5-14-10-6-13-7-11(17-10)16-9(2)12-18-15-8-19(12)3/h6-9H,4-5H2,1-3H3,(H2,14,16,17). The van der Waals surface area contributed by atoms with Crippen molar-refractivity contribution in [3.63, 3.8) is 0 Å². The molecule has 2 heterocycles.